The van der Waals surface area contributed by atoms with Gasteiger partial charge in [0.05, 0.1) is 6.54 Å². The fourth-order valence-corrected chi connectivity index (χ4v) is 1.64. The van der Waals surface area contributed by atoms with E-state index in [2.05, 4.69) is 5.32 Å². The smallest absolute Gasteiger partial charge is 0.376 e. The van der Waals surface area contributed by atoms with Crippen LogP contribution in [-0.2, 0) is 4.79 Å². The fraction of sp³-hybridized carbons (Fsp3) is 0.364. The first kappa shape index (κ1) is 14.7. The molecule has 0 aliphatic carbocycles. The highest BCUT2D eigenvalue weighted by Crippen LogP contribution is 2.18. The van der Waals surface area contributed by atoms with E-state index in [0.717, 1.165) is 4.90 Å². The number of nitrogens with one attached hydrogen (secondary N) is 2. The zero-order valence-electron chi connectivity index (χ0n) is 9.67. The van der Waals surface area contributed by atoms with Crippen molar-refractivity contribution in [2.24, 2.45) is 0 Å². The average Bonchev–Trinajstić information content (AvgIpc) is 2.33. The summed E-state index contributed by atoms with van der Waals surface area (Å²) in [6.07, 6.45) is -2.47. The van der Waals surface area contributed by atoms with Gasteiger partial charge in [-0.05, 0) is 24.5 Å². The molecule has 3 nitrogen and oxygen atoms in total. The van der Waals surface area contributed by atoms with Crippen LogP contribution in [0.2, 0.25) is 0 Å². The number of amides is 1. The summed E-state index contributed by atoms with van der Waals surface area (Å²) in [7, 11) is 0. The summed E-state index contributed by atoms with van der Waals surface area (Å²) >= 11 is 1.54. The van der Waals surface area contributed by atoms with Crippen molar-refractivity contribution in [2.75, 3.05) is 24.7 Å². The Morgan fingerprint density at radius 2 is 2.11 bits per heavy atom. The fourth-order valence-electron chi connectivity index (χ4n) is 1.18. The van der Waals surface area contributed by atoms with Crippen molar-refractivity contribution in [2.45, 2.75) is 11.1 Å². The zero-order chi connectivity index (χ0) is 13.6. The van der Waals surface area contributed by atoms with E-state index in [1.54, 1.807) is 23.1 Å². The van der Waals surface area contributed by atoms with E-state index in [9.17, 15) is 18.0 Å². The maximum atomic E-state index is 11.8. The monoisotopic (exact) mass is 278 g/mol. The third-order valence-corrected chi connectivity index (χ3v) is 2.73. The molecule has 18 heavy (non-hydrogen) atoms. The molecule has 0 bridgehead atoms. The Labute approximate surface area is 107 Å². The molecule has 0 heterocycles. The molecule has 0 spiro atoms. The van der Waals surface area contributed by atoms with Crippen LogP contribution in [0, 0.1) is 0 Å². The van der Waals surface area contributed by atoms with Crippen molar-refractivity contribution >= 4 is 23.4 Å². The molecule has 0 aromatic heterocycles. The van der Waals surface area contributed by atoms with Crippen molar-refractivity contribution in [1.29, 1.82) is 0 Å². The Morgan fingerprint density at radius 1 is 1.39 bits per heavy atom. The van der Waals surface area contributed by atoms with Crippen LogP contribution in [0.1, 0.15) is 0 Å². The summed E-state index contributed by atoms with van der Waals surface area (Å²) in [6, 6.07) is 7.28. The average molecular weight is 278 g/mol. The summed E-state index contributed by atoms with van der Waals surface area (Å²) in [5.41, 5.74) is 0.698. The first-order chi connectivity index (χ1) is 8.40. The number of hydrogen-bond donors (Lipinski definition) is 2. The van der Waals surface area contributed by atoms with Crippen LogP contribution in [0.5, 0.6) is 0 Å². The topological polar surface area (TPSA) is 41.1 Å². The Bertz CT molecular complexity index is 410. The normalized spacial score (nSPS) is 11.1. The number of benzene rings is 1. The molecule has 1 aromatic carbocycles. The van der Waals surface area contributed by atoms with Crippen molar-refractivity contribution in [1.82, 2.24) is 5.32 Å². The Morgan fingerprint density at radius 3 is 2.72 bits per heavy atom. The van der Waals surface area contributed by atoms with Gasteiger partial charge in [-0.3, -0.25) is 4.79 Å². The highest BCUT2D eigenvalue weighted by molar-refractivity contribution is 7.98. The second-order valence-corrected chi connectivity index (χ2v) is 4.36. The van der Waals surface area contributed by atoms with Crippen molar-refractivity contribution in [3.63, 3.8) is 0 Å². The first-order valence-corrected chi connectivity index (χ1v) is 6.34. The van der Waals surface area contributed by atoms with Crippen molar-refractivity contribution < 1.29 is 18.0 Å². The van der Waals surface area contributed by atoms with E-state index in [1.165, 1.54) is 0 Å². The van der Waals surface area contributed by atoms with Crippen molar-refractivity contribution in [3.05, 3.63) is 24.3 Å². The van der Waals surface area contributed by atoms with Gasteiger partial charge >= 0.3 is 6.18 Å². The molecule has 0 saturated carbocycles. The van der Waals surface area contributed by atoms with E-state index in [1.807, 2.05) is 24.5 Å². The summed E-state index contributed by atoms with van der Waals surface area (Å²) < 4.78 is 35.5. The molecule has 1 rings (SSSR count). The van der Waals surface area contributed by atoms with Gasteiger partial charge in [0.1, 0.15) is 6.54 Å². The zero-order valence-corrected chi connectivity index (χ0v) is 10.5. The molecule has 0 fully saturated rings. The molecular weight excluding hydrogens is 265 g/mol. The molecule has 2 N–H and O–H groups in total. The minimum atomic E-state index is -4.38. The lowest BCUT2D eigenvalue weighted by Crippen LogP contribution is -2.37. The van der Waals surface area contributed by atoms with E-state index >= 15 is 0 Å². The molecule has 0 atom stereocenters. The van der Waals surface area contributed by atoms with Crippen molar-refractivity contribution in [3.8, 4) is 0 Å². The molecule has 1 amide bonds. The van der Waals surface area contributed by atoms with Crippen LogP contribution in [0.3, 0.4) is 0 Å². The largest absolute Gasteiger partial charge is 0.405 e. The van der Waals surface area contributed by atoms with Crippen LogP contribution >= 0.6 is 11.8 Å². The summed E-state index contributed by atoms with van der Waals surface area (Å²) in [5.74, 6) is -0.693. The lowest BCUT2D eigenvalue weighted by Gasteiger charge is -2.10. The predicted octanol–water partition coefficient (Wildman–Crippen LogP) is 2.50. The Hall–Kier alpha value is -1.37. The van der Waals surface area contributed by atoms with Crippen LogP contribution in [-0.4, -0.2) is 31.4 Å². The molecule has 0 radical (unpaired) electrons. The quantitative estimate of drug-likeness (QED) is 0.813. The molecular formula is C11H13F3N2OS. The number of carbonyl (C=O) groups is 1. The maximum Gasteiger partial charge on any atom is 0.405 e. The standard InChI is InChI=1S/C11H13F3N2OS/c1-18-9-4-2-3-8(5-9)15-6-10(17)16-7-11(12,13)14/h2-5,15H,6-7H2,1H3,(H,16,17). The van der Waals surface area contributed by atoms with Gasteiger partial charge in [0, 0.05) is 10.6 Å². The van der Waals surface area contributed by atoms with Gasteiger partial charge in [0.25, 0.3) is 0 Å². The molecule has 7 heteroatoms. The highest BCUT2D eigenvalue weighted by atomic mass is 32.2. The number of halogens is 3. The molecule has 0 unspecified atom stereocenters. The molecule has 100 valence electrons. The Balaban J connectivity index is 2.38. The SMILES string of the molecule is CSc1cccc(NCC(=O)NCC(F)(F)F)c1. The minimum absolute atomic E-state index is 0.187. The number of thioether (sulfide) groups is 1. The van der Waals surface area contributed by atoms with Crippen LogP contribution in [0.15, 0.2) is 29.2 Å². The molecule has 0 saturated heterocycles. The van der Waals surface area contributed by atoms with Crippen LogP contribution in [0.25, 0.3) is 0 Å². The minimum Gasteiger partial charge on any atom is -0.376 e. The summed E-state index contributed by atoms with van der Waals surface area (Å²) in [4.78, 5) is 12.1. The first-order valence-electron chi connectivity index (χ1n) is 5.12. The van der Waals surface area contributed by atoms with Gasteiger partial charge in [-0.25, -0.2) is 0 Å². The number of hydrogen-bond acceptors (Lipinski definition) is 3. The molecule has 1 aromatic rings. The van der Waals surface area contributed by atoms with Gasteiger partial charge in [-0.15, -0.1) is 11.8 Å². The number of carbonyl (C=O) groups excluding carboxylic acids is 1. The van der Waals surface area contributed by atoms with E-state index in [-0.39, 0.29) is 6.54 Å². The third-order valence-electron chi connectivity index (χ3n) is 2.01. The van der Waals surface area contributed by atoms with Gasteiger partial charge in [-0.1, -0.05) is 6.07 Å². The highest BCUT2D eigenvalue weighted by Gasteiger charge is 2.27. The van der Waals surface area contributed by atoms with Crippen LogP contribution in [0.4, 0.5) is 18.9 Å². The second-order valence-electron chi connectivity index (χ2n) is 3.48. The lowest BCUT2D eigenvalue weighted by atomic mass is 10.3. The van der Waals surface area contributed by atoms with E-state index < -0.39 is 18.6 Å². The second kappa shape index (κ2) is 6.53. The number of alkyl halides is 3. The number of anilines is 1. The van der Waals surface area contributed by atoms with Gasteiger partial charge < -0.3 is 10.6 Å². The number of rotatable bonds is 5. The predicted molar refractivity (Wildman–Crippen MR) is 65.8 cm³/mol. The van der Waals surface area contributed by atoms with Gasteiger partial charge in [0.2, 0.25) is 5.91 Å². The summed E-state index contributed by atoms with van der Waals surface area (Å²) in [6.45, 7) is -1.49. The lowest BCUT2D eigenvalue weighted by molar-refractivity contribution is -0.137. The third kappa shape index (κ3) is 5.81. The van der Waals surface area contributed by atoms with E-state index in [4.69, 9.17) is 0 Å². The summed E-state index contributed by atoms with van der Waals surface area (Å²) in [5, 5.41) is 4.55. The maximum absolute atomic E-state index is 11.8. The van der Waals surface area contributed by atoms with E-state index in [0.29, 0.717) is 5.69 Å². The molecule has 0 aliphatic rings. The van der Waals surface area contributed by atoms with Gasteiger partial charge in [0.15, 0.2) is 0 Å². The molecule has 0 aliphatic heterocycles. The van der Waals surface area contributed by atoms with Gasteiger partial charge in [-0.2, -0.15) is 13.2 Å². The van der Waals surface area contributed by atoms with Crippen LogP contribution < -0.4 is 10.6 Å². The Kier molecular flexibility index (Phi) is 5.33.